The lowest BCUT2D eigenvalue weighted by atomic mass is 10.5. The number of rotatable bonds is 8. The van der Waals surface area contributed by atoms with E-state index >= 15 is 0 Å². The summed E-state index contributed by atoms with van der Waals surface area (Å²) in [5, 5.41) is 9.01. The second-order valence-electron chi connectivity index (χ2n) is 4.26. The Bertz CT molecular complexity index is 358. The third-order valence-electron chi connectivity index (χ3n) is 2.33. The van der Waals surface area contributed by atoms with Gasteiger partial charge in [0.05, 0.1) is 0 Å². The van der Waals surface area contributed by atoms with Crippen molar-refractivity contribution in [3.05, 3.63) is 16.6 Å². The van der Waals surface area contributed by atoms with E-state index in [1.54, 1.807) is 17.5 Å². The molecule has 1 rings (SSSR count). The summed E-state index contributed by atoms with van der Waals surface area (Å²) in [6.07, 6.45) is 1.78. The van der Waals surface area contributed by atoms with Crippen molar-refractivity contribution in [3.63, 3.8) is 0 Å². The number of likely N-dealkylation sites (N-methyl/N-ethyl adjacent to an activating group) is 1. The number of carbonyl (C=O) groups excluding carboxylic acids is 1. The Balaban J connectivity index is 2.03. The quantitative estimate of drug-likeness (QED) is 0.487. The van der Waals surface area contributed by atoms with E-state index < -0.39 is 0 Å². The number of urea groups is 1. The van der Waals surface area contributed by atoms with E-state index in [1.165, 1.54) is 4.31 Å². The number of aromatic nitrogens is 1. The minimum absolute atomic E-state index is 0.166. The molecule has 0 aliphatic rings. The van der Waals surface area contributed by atoms with E-state index in [9.17, 15) is 4.79 Å². The summed E-state index contributed by atoms with van der Waals surface area (Å²) in [5.41, 5.74) is 0. The lowest BCUT2D eigenvalue weighted by Crippen LogP contribution is -2.40. The minimum atomic E-state index is -0.166. The number of carbonyl (C=O) groups is 1. The fraction of sp³-hybridized carbons (Fsp3) is 0.636. The van der Waals surface area contributed by atoms with E-state index in [-0.39, 0.29) is 6.03 Å². The van der Waals surface area contributed by atoms with Crippen molar-refractivity contribution in [2.24, 2.45) is 0 Å². The van der Waals surface area contributed by atoms with Gasteiger partial charge in [0.1, 0.15) is 5.01 Å². The zero-order valence-electron chi connectivity index (χ0n) is 11.3. The molecule has 19 heavy (non-hydrogen) atoms. The predicted molar refractivity (Wildman–Crippen MR) is 81.5 cm³/mol. The van der Waals surface area contributed by atoms with Crippen LogP contribution in [0.2, 0.25) is 0 Å². The van der Waals surface area contributed by atoms with Crippen LogP contribution in [0.25, 0.3) is 0 Å². The number of nitrogens with zero attached hydrogens (tertiary/aromatic N) is 3. The van der Waals surface area contributed by atoms with Crippen LogP contribution in [0.5, 0.6) is 0 Å². The minimum Gasteiger partial charge on any atom is -0.336 e. The van der Waals surface area contributed by atoms with Crippen LogP contribution in [0.4, 0.5) is 4.79 Å². The highest BCUT2D eigenvalue weighted by molar-refractivity contribution is 7.78. The maximum atomic E-state index is 11.6. The smallest absolute Gasteiger partial charge is 0.327 e. The van der Waals surface area contributed by atoms with Crippen molar-refractivity contribution in [3.8, 4) is 0 Å². The van der Waals surface area contributed by atoms with Crippen LogP contribution in [0.3, 0.4) is 0 Å². The molecule has 0 saturated carbocycles. The molecule has 0 spiro atoms. The van der Waals surface area contributed by atoms with Crippen molar-refractivity contribution in [1.29, 1.82) is 0 Å². The molecular weight excluding hydrogens is 282 g/mol. The van der Waals surface area contributed by atoms with Crippen molar-refractivity contribution in [2.75, 3.05) is 40.3 Å². The number of amides is 2. The third kappa shape index (κ3) is 7.36. The van der Waals surface area contributed by atoms with Gasteiger partial charge in [0.25, 0.3) is 0 Å². The van der Waals surface area contributed by atoms with Gasteiger partial charge in [0.2, 0.25) is 0 Å². The van der Waals surface area contributed by atoms with Crippen LogP contribution in [0.1, 0.15) is 5.01 Å². The van der Waals surface area contributed by atoms with Crippen LogP contribution >= 0.6 is 24.2 Å². The van der Waals surface area contributed by atoms with Crippen LogP contribution in [0.15, 0.2) is 11.6 Å². The Hall–Kier alpha value is -0.830. The second kappa shape index (κ2) is 9.13. The number of thiazole rings is 1. The summed E-state index contributed by atoms with van der Waals surface area (Å²) in [5.74, 6) is 0. The van der Waals surface area contributed by atoms with Crippen LogP contribution in [-0.2, 0) is 6.54 Å². The molecule has 0 atom stereocenters. The standard InChI is InChI=1S/C11H21N5OS2/c1-15(2)6-7-16(18)11(17)14-4-3-12-9-10-13-5-8-19-10/h5,8,12,18H,3-4,6-7,9H2,1-2H3,(H,14,17). The van der Waals surface area contributed by atoms with Crippen molar-refractivity contribution in [1.82, 2.24) is 24.8 Å². The fourth-order valence-electron chi connectivity index (χ4n) is 1.28. The predicted octanol–water partition coefficient (Wildman–Crippen LogP) is 0.651. The molecule has 0 aliphatic heterocycles. The van der Waals surface area contributed by atoms with Gasteiger partial charge in [-0.15, -0.1) is 11.3 Å². The highest BCUT2D eigenvalue weighted by atomic mass is 32.1. The first-order valence-corrected chi connectivity index (χ1v) is 7.35. The van der Waals surface area contributed by atoms with E-state index in [0.717, 1.165) is 18.1 Å². The molecule has 0 fully saturated rings. The number of hydrogen-bond donors (Lipinski definition) is 3. The van der Waals surface area contributed by atoms with Gasteiger partial charge in [0.15, 0.2) is 0 Å². The molecule has 1 aromatic rings. The molecule has 108 valence electrons. The Labute approximate surface area is 123 Å². The Morgan fingerprint density at radius 1 is 1.42 bits per heavy atom. The van der Waals surface area contributed by atoms with Gasteiger partial charge in [-0.3, -0.25) is 4.31 Å². The maximum Gasteiger partial charge on any atom is 0.327 e. The summed E-state index contributed by atoms with van der Waals surface area (Å²) in [7, 11) is 3.92. The van der Waals surface area contributed by atoms with Gasteiger partial charge < -0.3 is 15.5 Å². The Kier molecular flexibility index (Phi) is 7.80. The molecule has 0 aliphatic carbocycles. The third-order valence-corrected chi connectivity index (χ3v) is 3.49. The van der Waals surface area contributed by atoms with E-state index in [0.29, 0.717) is 19.6 Å². The van der Waals surface area contributed by atoms with Gasteiger partial charge in [-0.05, 0) is 14.1 Å². The Morgan fingerprint density at radius 2 is 2.21 bits per heavy atom. The van der Waals surface area contributed by atoms with Crippen LogP contribution in [-0.4, -0.2) is 60.5 Å². The molecule has 6 nitrogen and oxygen atoms in total. The van der Waals surface area contributed by atoms with Crippen molar-refractivity contribution in [2.45, 2.75) is 6.54 Å². The highest BCUT2D eigenvalue weighted by Gasteiger charge is 2.08. The first-order valence-electron chi connectivity index (χ1n) is 6.07. The molecule has 2 N–H and O–H groups in total. The SMILES string of the molecule is CN(C)CCN(S)C(=O)NCCNCc1nccs1. The average Bonchev–Trinajstić information content (AvgIpc) is 2.88. The van der Waals surface area contributed by atoms with E-state index in [1.807, 2.05) is 24.4 Å². The molecule has 0 saturated heterocycles. The summed E-state index contributed by atoms with van der Waals surface area (Å²) in [4.78, 5) is 17.8. The average molecular weight is 303 g/mol. The maximum absolute atomic E-state index is 11.6. The van der Waals surface area contributed by atoms with Crippen LogP contribution in [0, 0.1) is 0 Å². The molecule has 8 heteroatoms. The highest BCUT2D eigenvalue weighted by Crippen LogP contribution is 2.01. The molecule has 2 amide bonds. The summed E-state index contributed by atoms with van der Waals surface area (Å²) in [6, 6.07) is -0.166. The lowest BCUT2D eigenvalue weighted by molar-refractivity contribution is 0.223. The van der Waals surface area contributed by atoms with E-state index in [4.69, 9.17) is 0 Å². The fourth-order valence-corrected chi connectivity index (χ4v) is 2.03. The zero-order chi connectivity index (χ0) is 14.1. The molecule has 0 radical (unpaired) electrons. The van der Waals surface area contributed by atoms with Gasteiger partial charge in [-0.1, -0.05) is 12.8 Å². The van der Waals surface area contributed by atoms with Gasteiger partial charge in [-0.2, -0.15) is 0 Å². The normalized spacial score (nSPS) is 10.7. The van der Waals surface area contributed by atoms with Crippen LogP contribution < -0.4 is 10.6 Å². The van der Waals surface area contributed by atoms with Gasteiger partial charge in [-0.25, -0.2) is 9.78 Å². The van der Waals surface area contributed by atoms with E-state index in [2.05, 4.69) is 28.4 Å². The summed E-state index contributed by atoms with van der Waals surface area (Å²) >= 11 is 5.75. The molecule has 0 bridgehead atoms. The van der Waals surface area contributed by atoms with Crippen molar-refractivity contribution < 1.29 is 4.79 Å². The molecule has 1 heterocycles. The summed E-state index contributed by atoms with van der Waals surface area (Å²) < 4.78 is 1.39. The topological polar surface area (TPSA) is 60.5 Å². The molecule has 1 aromatic heterocycles. The van der Waals surface area contributed by atoms with Gasteiger partial charge >= 0.3 is 6.03 Å². The largest absolute Gasteiger partial charge is 0.336 e. The Morgan fingerprint density at radius 3 is 2.84 bits per heavy atom. The number of thiol groups is 1. The second-order valence-corrected chi connectivity index (χ2v) is 5.72. The molecule has 0 unspecified atom stereocenters. The first-order chi connectivity index (χ1) is 9.09. The number of hydrogen-bond acceptors (Lipinski definition) is 6. The zero-order valence-corrected chi connectivity index (χ0v) is 13.0. The van der Waals surface area contributed by atoms with Crippen molar-refractivity contribution >= 4 is 30.2 Å². The monoisotopic (exact) mass is 303 g/mol. The lowest BCUT2D eigenvalue weighted by Gasteiger charge is -2.18. The number of nitrogens with one attached hydrogen (secondary N) is 2. The van der Waals surface area contributed by atoms with Gasteiger partial charge in [0, 0.05) is 44.3 Å². The molecular formula is C11H21N5OS2. The first kappa shape index (κ1) is 16.2. The summed E-state index contributed by atoms with van der Waals surface area (Å²) in [6.45, 7) is 3.40. The molecule has 0 aromatic carbocycles.